The fraction of sp³-hybridized carbons (Fsp3) is 0.974. The van der Waals surface area contributed by atoms with Gasteiger partial charge in [0.1, 0.15) is 0 Å². The van der Waals surface area contributed by atoms with Crippen molar-refractivity contribution in [3.63, 3.8) is 0 Å². The van der Waals surface area contributed by atoms with Gasteiger partial charge in [-0.25, -0.2) is 0 Å². The minimum absolute atomic E-state index is 0.0622. The monoisotopic (exact) mass is 645 g/mol. The third-order valence-corrected chi connectivity index (χ3v) is 14.3. The van der Waals surface area contributed by atoms with Gasteiger partial charge in [-0.1, -0.05) is 40.0 Å². The highest BCUT2D eigenvalue weighted by Gasteiger charge is 2.63. The highest BCUT2D eigenvalue weighted by atomic mass is 16.5. The van der Waals surface area contributed by atoms with Gasteiger partial charge in [0.05, 0.1) is 18.6 Å². The highest BCUT2D eigenvalue weighted by Crippen LogP contribution is 2.68. The summed E-state index contributed by atoms with van der Waals surface area (Å²) in [5.74, 6) is 3.52. The summed E-state index contributed by atoms with van der Waals surface area (Å²) in [5.41, 5.74) is 6.17. The Morgan fingerprint density at radius 3 is 2.24 bits per heavy atom. The van der Waals surface area contributed by atoms with Gasteiger partial charge in [-0.3, -0.25) is 4.79 Å². The van der Waals surface area contributed by atoms with Crippen LogP contribution in [-0.2, 0) is 9.53 Å². The average molecular weight is 645 g/mol. The van der Waals surface area contributed by atoms with Crippen LogP contribution in [0.4, 0.5) is 0 Å². The smallest absolute Gasteiger partial charge is 0.308 e. The quantitative estimate of drug-likeness (QED) is 0.0972. The van der Waals surface area contributed by atoms with E-state index in [2.05, 4.69) is 36.7 Å². The number of esters is 1. The lowest BCUT2D eigenvalue weighted by molar-refractivity contribution is -0.169. The van der Waals surface area contributed by atoms with Gasteiger partial charge in [-0.05, 0) is 175 Å². The van der Waals surface area contributed by atoms with Crippen LogP contribution in [0.5, 0.6) is 0 Å². The van der Waals surface area contributed by atoms with Crippen molar-refractivity contribution < 1.29 is 14.6 Å². The molecule has 0 saturated heterocycles. The molecule has 6 N–H and O–H groups in total. The van der Waals surface area contributed by atoms with Crippen molar-refractivity contribution in [1.29, 1.82) is 0 Å². The van der Waals surface area contributed by atoms with Crippen LogP contribution in [0.15, 0.2) is 0 Å². The van der Waals surface area contributed by atoms with Gasteiger partial charge in [-0.15, -0.1) is 0 Å². The zero-order valence-electron chi connectivity index (χ0n) is 30.0. The van der Waals surface area contributed by atoms with Crippen molar-refractivity contribution in [2.45, 2.75) is 142 Å². The Morgan fingerprint density at radius 2 is 1.50 bits per heavy atom. The number of ether oxygens (including phenoxy) is 1. The van der Waals surface area contributed by atoms with Gasteiger partial charge in [0.2, 0.25) is 0 Å². The number of nitrogens with one attached hydrogen (secondary N) is 3. The first-order valence-electron chi connectivity index (χ1n) is 20.0. The molecule has 5 saturated carbocycles. The summed E-state index contributed by atoms with van der Waals surface area (Å²) in [5, 5.41) is 22.8. The van der Waals surface area contributed by atoms with Crippen LogP contribution in [0.1, 0.15) is 130 Å². The Hall–Kier alpha value is -0.730. The highest BCUT2D eigenvalue weighted by molar-refractivity contribution is 5.72. The molecule has 7 heteroatoms. The molecule has 0 aliphatic heterocycles. The fourth-order valence-electron chi connectivity index (χ4n) is 11.7. The number of carbonyl (C=O) groups excluding carboxylic acids is 1. The molecular weight excluding hydrogens is 572 g/mol. The van der Waals surface area contributed by atoms with E-state index in [4.69, 9.17) is 10.5 Å². The fourth-order valence-corrected chi connectivity index (χ4v) is 11.7. The number of nitrogens with two attached hydrogens (primary N) is 1. The molecule has 0 amide bonds. The zero-order chi connectivity index (χ0) is 32.6. The molecule has 46 heavy (non-hydrogen) atoms. The van der Waals surface area contributed by atoms with Crippen LogP contribution in [0.2, 0.25) is 0 Å². The minimum atomic E-state index is -0.162. The number of unbranched alkanes of at least 4 members (excludes halogenated alkanes) is 1. The maximum atomic E-state index is 12.8. The first-order chi connectivity index (χ1) is 22.3. The van der Waals surface area contributed by atoms with E-state index < -0.39 is 0 Å². The van der Waals surface area contributed by atoms with E-state index in [1.165, 1.54) is 83.5 Å². The molecule has 5 aliphatic carbocycles. The summed E-state index contributed by atoms with van der Waals surface area (Å²) in [6.45, 7) is 14.3. The van der Waals surface area contributed by atoms with Gasteiger partial charge >= 0.3 is 5.97 Å². The third kappa shape index (κ3) is 8.52. The molecule has 0 aromatic heterocycles. The lowest BCUT2D eigenvalue weighted by Crippen LogP contribution is -2.59. The number of hydrogen-bond acceptors (Lipinski definition) is 7. The molecule has 7 nitrogen and oxygen atoms in total. The van der Waals surface area contributed by atoms with E-state index in [1.54, 1.807) is 0 Å². The molecule has 4 unspecified atom stereocenters. The van der Waals surface area contributed by atoms with E-state index in [0.29, 0.717) is 53.6 Å². The Bertz CT molecular complexity index is 929. The number of aliphatic hydroxyl groups excluding tert-OH is 1. The van der Waals surface area contributed by atoms with Gasteiger partial charge in [-0.2, -0.15) is 0 Å². The molecular formula is C39H72N4O3. The molecule has 0 heterocycles. The first-order valence-corrected chi connectivity index (χ1v) is 20.0. The van der Waals surface area contributed by atoms with Crippen LogP contribution < -0.4 is 21.7 Å². The van der Waals surface area contributed by atoms with Gasteiger partial charge < -0.3 is 31.5 Å². The Kier molecular flexibility index (Phi) is 13.7. The second-order valence-electron chi connectivity index (χ2n) is 17.1. The summed E-state index contributed by atoms with van der Waals surface area (Å²) < 4.78 is 5.98. The molecule has 266 valence electrons. The maximum absolute atomic E-state index is 12.8. The summed E-state index contributed by atoms with van der Waals surface area (Å²) in [7, 11) is 0. The molecule has 5 aliphatic rings. The second kappa shape index (κ2) is 17.3. The summed E-state index contributed by atoms with van der Waals surface area (Å²) >= 11 is 0. The Morgan fingerprint density at radius 1 is 0.826 bits per heavy atom. The SMILES string of the molecule is C[C@@H](COC(=O)C1CCCCC1)C1CCC2C3C(CC[C@@]21C)[C@@]1(C)CC[C@@H](NCCCNCCCCNCCCN)C[C@@H]1C[C@@H]3O. The van der Waals surface area contributed by atoms with Crippen LogP contribution in [-0.4, -0.2) is 69.1 Å². The average Bonchev–Trinajstić information content (AvgIpc) is 3.42. The summed E-state index contributed by atoms with van der Waals surface area (Å²) in [6.07, 6.45) is 20.0. The maximum Gasteiger partial charge on any atom is 0.308 e. The van der Waals surface area contributed by atoms with Crippen molar-refractivity contribution in [1.82, 2.24) is 16.0 Å². The standard InChI is InChI=1S/C39H72N4O3/c1-28(27-46-37(45)29-11-5-4-6-12-29)32-13-14-33-36-34(16-18-39(32,33)3)38(2)17-15-31(25-30(38)26-35(36)44)43-24-10-23-42-21-8-7-20-41-22-9-19-40/h28-36,41-44H,4-27,40H2,1-3H3/t28-,30+,31+,32?,33?,34?,35-,36?,38-,39+/m0/s1. The molecule has 0 radical (unpaired) electrons. The molecule has 5 rings (SSSR count). The van der Waals surface area contributed by atoms with E-state index in [0.717, 1.165) is 65.0 Å². The molecule has 0 aromatic carbocycles. The predicted octanol–water partition coefficient (Wildman–Crippen LogP) is 6.03. The van der Waals surface area contributed by atoms with E-state index in [1.807, 2.05) is 0 Å². The number of fused-ring (bicyclic) bond motifs is 5. The van der Waals surface area contributed by atoms with E-state index in [9.17, 15) is 9.90 Å². The minimum Gasteiger partial charge on any atom is -0.465 e. The van der Waals surface area contributed by atoms with Gasteiger partial charge in [0.25, 0.3) is 0 Å². The predicted molar refractivity (Wildman–Crippen MR) is 188 cm³/mol. The molecule has 5 fully saturated rings. The van der Waals surface area contributed by atoms with Crippen molar-refractivity contribution in [3.05, 3.63) is 0 Å². The number of carbonyl (C=O) groups is 1. The van der Waals surface area contributed by atoms with Crippen molar-refractivity contribution >= 4 is 5.97 Å². The van der Waals surface area contributed by atoms with Gasteiger partial charge in [0.15, 0.2) is 0 Å². The number of rotatable bonds is 17. The molecule has 10 atom stereocenters. The first kappa shape index (κ1) is 36.5. The summed E-state index contributed by atoms with van der Waals surface area (Å²) in [6, 6.07) is 0.600. The van der Waals surface area contributed by atoms with Gasteiger partial charge in [0, 0.05) is 6.04 Å². The lowest BCUT2D eigenvalue weighted by Gasteiger charge is -2.62. The normalized spacial score (nSPS) is 38.5. The van der Waals surface area contributed by atoms with Crippen LogP contribution in [0.25, 0.3) is 0 Å². The van der Waals surface area contributed by atoms with Crippen molar-refractivity contribution in [2.75, 3.05) is 45.9 Å². The summed E-state index contributed by atoms with van der Waals surface area (Å²) in [4.78, 5) is 12.8. The molecule has 0 spiro atoms. The third-order valence-electron chi connectivity index (χ3n) is 14.3. The Labute approximate surface area is 282 Å². The number of hydrogen-bond donors (Lipinski definition) is 5. The largest absolute Gasteiger partial charge is 0.465 e. The van der Waals surface area contributed by atoms with E-state index >= 15 is 0 Å². The topological polar surface area (TPSA) is 109 Å². The van der Waals surface area contributed by atoms with Crippen LogP contribution in [0.3, 0.4) is 0 Å². The molecule has 0 bridgehead atoms. The van der Waals surface area contributed by atoms with Crippen molar-refractivity contribution in [3.8, 4) is 0 Å². The zero-order valence-corrected chi connectivity index (χ0v) is 30.0. The molecule has 0 aromatic rings. The van der Waals surface area contributed by atoms with E-state index in [-0.39, 0.29) is 23.4 Å². The number of aliphatic hydroxyl groups is 1. The van der Waals surface area contributed by atoms with Crippen LogP contribution in [0, 0.1) is 52.3 Å². The van der Waals surface area contributed by atoms with Crippen LogP contribution >= 0.6 is 0 Å². The Balaban J connectivity index is 1.04. The second-order valence-corrected chi connectivity index (χ2v) is 17.1. The lowest BCUT2D eigenvalue weighted by atomic mass is 9.43. The van der Waals surface area contributed by atoms with Crippen molar-refractivity contribution in [2.24, 2.45) is 58.0 Å².